The largest absolute Gasteiger partial charge is 0.462 e. The van der Waals surface area contributed by atoms with Crippen molar-refractivity contribution in [2.75, 3.05) is 6.61 Å². The fourth-order valence-electron chi connectivity index (χ4n) is 2.65. The van der Waals surface area contributed by atoms with E-state index < -0.39 is 5.97 Å². The van der Waals surface area contributed by atoms with Crippen molar-refractivity contribution < 1.29 is 9.53 Å². The average Bonchev–Trinajstić information content (AvgIpc) is 3.19. The highest BCUT2D eigenvalue weighted by molar-refractivity contribution is 6.26. The molecule has 0 aromatic carbocycles. The third-order valence-corrected chi connectivity index (χ3v) is 4.54. The molecule has 0 radical (unpaired) electrons. The Morgan fingerprint density at radius 1 is 1.38 bits per heavy atom. The molecule has 2 aromatic rings. The predicted molar refractivity (Wildman–Crippen MR) is 81.1 cm³/mol. The number of hydrogen-bond donors (Lipinski definition) is 0. The van der Waals surface area contributed by atoms with Crippen molar-refractivity contribution in [2.24, 2.45) is 0 Å². The quantitative estimate of drug-likeness (QED) is 0.647. The number of rotatable bonds is 3. The number of ether oxygens (including phenoxy) is 1. The van der Waals surface area contributed by atoms with Crippen LogP contribution in [0.25, 0.3) is 5.52 Å². The van der Waals surface area contributed by atoms with E-state index in [1.54, 1.807) is 19.2 Å². The van der Waals surface area contributed by atoms with Gasteiger partial charge in [-0.25, -0.2) is 4.79 Å². The van der Waals surface area contributed by atoms with E-state index in [0.717, 1.165) is 29.5 Å². The lowest BCUT2D eigenvalue weighted by atomic mass is 10.0. The first kappa shape index (κ1) is 14.1. The van der Waals surface area contributed by atoms with Gasteiger partial charge in [-0.2, -0.15) is 0 Å². The van der Waals surface area contributed by atoms with Gasteiger partial charge in [-0.05, 0) is 56.0 Å². The first-order valence-electron chi connectivity index (χ1n) is 6.99. The van der Waals surface area contributed by atoms with Crippen LogP contribution in [0.2, 0.25) is 0 Å². The number of pyridine rings is 2. The lowest BCUT2D eigenvalue weighted by Gasteiger charge is -2.14. The normalized spacial score (nSPS) is 16.0. The molecule has 0 atom stereocenters. The molecule has 0 saturated heterocycles. The minimum Gasteiger partial charge on any atom is -0.462 e. The molecule has 0 unspecified atom stereocenters. The Kier molecular flexibility index (Phi) is 3.29. The van der Waals surface area contributed by atoms with Crippen LogP contribution in [0.4, 0.5) is 0 Å². The molecule has 1 aliphatic rings. The van der Waals surface area contributed by atoms with Gasteiger partial charge in [0.15, 0.2) is 0 Å². The summed E-state index contributed by atoms with van der Waals surface area (Å²) in [5.74, 6) is -0.588. The molecule has 0 amide bonds. The van der Waals surface area contributed by atoms with Crippen molar-refractivity contribution in [1.29, 1.82) is 0 Å². The van der Waals surface area contributed by atoms with Crippen LogP contribution < -0.4 is 5.56 Å². The van der Waals surface area contributed by atoms with Gasteiger partial charge in [-0.1, -0.05) is 0 Å². The van der Waals surface area contributed by atoms with Gasteiger partial charge in [-0.15, -0.1) is 11.6 Å². The highest BCUT2D eigenvalue weighted by Gasteiger charge is 2.43. The number of aryl methyl sites for hydroxylation is 1. The summed E-state index contributed by atoms with van der Waals surface area (Å²) < 4.78 is 6.38. The summed E-state index contributed by atoms with van der Waals surface area (Å²) >= 11 is 6.48. The van der Waals surface area contributed by atoms with Crippen molar-refractivity contribution in [2.45, 2.75) is 31.6 Å². The molecule has 0 spiro atoms. The molecule has 2 heterocycles. The molecule has 1 saturated carbocycles. The number of halogens is 1. The Hall–Kier alpha value is -1.81. The van der Waals surface area contributed by atoms with Crippen LogP contribution in [0.3, 0.4) is 0 Å². The number of carbonyl (C=O) groups is 1. The summed E-state index contributed by atoms with van der Waals surface area (Å²) in [6.07, 6.45) is 3.60. The van der Waals surface area contributed by atoms with Crippen molar-refractivity contribution in [3.8, 4) is 0 Å². The third-order valence-electron chi connectivity index (χ3n) is 3.96. The Bertz CT molecular complexity index is 790. The highest BCUT2D eigenvalue weighted by atomic mass is 35.5. The Balaban J connectivity index is 2.18. The standard InChI is InChI=1S/C16H16ClNO3/c1-3-21-15(20)11-4-5-13-10(2)12(16(17)7-8-16)6-9-18(13)14(11)19/h4-6,9H,3,7-8H2,1-2H3. The lowest BCUT2D eigenvalue weighted by Crippen LogP contribution is -2.24. The van der Waals surface area contributed by atoms with Crippen molar-refractivity contribution >= 4 is 23.1 Å². The molecule has 110 valence electrons. The van der Waals surface area contributed by atoms with Gasteiger partial charge >= 0.3 is 5.97 Å². The molecule has 4 nitrogen and oxygen atoms in total. The van der Waals surface area contributed by atoms with E-state index in [0.29, 0.717) is 0 Å². The highest BCUT2D eigenvalue weighted by Crippen LogP contribution is 2.53. The topological polar surface area (TPSA) is 47.8 Å². The molecule has 1 aliphatic carbocycles. The minimum absolute atomic E-state index is 0.0495. The van der Waals surface area contributed by atoms with Crippen LogP contribution in [-0.2, 0) is 9.61 Å². The van der Waals surface area contributed by atoms with Gasteiger partial charge in [0, 0.05) is 6.20 Å². The van der Waals surface area contributed by atoms with E-state index in [4.69, 9.17) is 16.3 Å². The second-order valence-electron chi connectivity index (χ2n) is 5.35. The molecule has 5 heteroatoms. The molecular formula is C16H16ClNO3. The summed E-state index contributed by atoms with van der Waals surface area (Å²) in [6, 6.07) is 5.17. The molecule has 3 rings (SSSR count). The number of nitrogens with zero attached hydrogens (tertiary/aromatic N) is 1. The molecule has 0 N–H and O–H groups in total. The Labute approximate surface area is 127 Å². The first-order chi connectivity index (χ1) is 9.98. The van der Waals surface area contributed by atoms with Gasteiger partial charge in [0.2, 0.25) is 0 Å². The number of hydrogen-bond acceptors (Lipinski definition) is 3. The molecule has 0 aliphatic heterocycles. The van der Waals surface area contributed by atoms with Gasteiger partial charge in [0.25, 0.3) is 5.56 Å². The van der Waals surface area contributed by atoms with Crippen LogP contribution in [0, 0.1) is 6.92 Å². The fourth-order valence-corrected chi connectivity index (χ4v) is 2.95. The maximum absolute atomic E-state index is 12.4. The predicted octanol–water partition coefficient (Wildman–Crippen LogP) is 3.01. The molecule has 1 fully saturated rings. The monoisotopic (exact) mass is 305 g/mol. The maximum atomic E-state index is 12.4. The lowest BCUT2D eigenvalue weighted by molar-refractivity contribution is 0.0524. The van der Waals surface area contributed by atoms with Crippen molar-refractivity contribution in [3.63, 3.8) is 0 Å². The second kappa shape index (κ2) is 4.88. The zero-order valence-electron chi connectivity index (χ0n) is 12.0. The number of alkyl halides is 1. The SMILES string of the molecule is CCOC(=O)c1ccc2c(C)c(C3(Cl)CC3)ccn2c1=O. The molecule has 0 bridgehead atoms. The second-order valence-corrected chi connectivity index (χ2v) is 6.07. The van der Waals surface area contributed by atoms with Crippen LogP contribution in [0.1, 0.15) is 41.3 Å². The Morgan fingerprint density at radius 2 is 2.10 bits per heavy atom. The molecular weight excluding hydrogens is 290 g/mol. The van der Waals surface area contributed by atoms with E-state index in [1.165, 1.54) is 10.5 Å². The van der Waals surface area contributed by atoms with Gasteiger partial charge < -0.3 is 4.74 Å². The van der Waals surface area contributed by atoms with Crippen LogP contribution in [0.15, 0.2) is 29.2 Å². The summed E-state index contributed by atoms with van der Waals surface area (Å²) in [6.45, 7) is 3.91. The van der Waals surface area contributed by atoms with Crippen LogP contribution >= 0.6 is 11.6 Å². The summed E-state index contributed by atoms with van der Waals surface area (Å²) in [5, 5.41) is 0. The fraction of sp³-hybridized carbons (Fsp3) is 0.375. The number of carbonyl (C=O) groups excluding carboxylic acids is 1. The zero-order valence-corrected chi connectivity index (χ0v) is 12.7. The average molecular weight is 306 g/mol. The van der Waals surface area contributed by atoms with E-state index >= 15 is 0 Å². The number of esters is 1. The number of fused-ring (bicyclic) bond motifs is 1. The summed E-state index contributed by atoms with van der Waals surface area (Å²) in [4.78, 5) is 23.9. The van der Waals surface area contributed by atoms with E-state index in [9.17, 15) is 9.59 Å². The zero-order chi connectivity index (χ0) is 15.2. The summed E-state index contributed by atoms with van der Waals surface area (Å²) in [5.41, 5.74) is 2.51. The van der Waals surface area contributed by atoms with E-state index in [1.807, 2.05) is 13.0 Å². The van der Waals surface area contributed by atoms with E-state index in [2.05, 4.69) is 0 Å². The minimum atomic E-state index is -0.588. The van der Waals surface area contributed by atoms with Gasteiger partial charge in [-0.3, -0.25) is 9.20 Å². The van der Waals surface area contributed by atoms with Crippen LogP contribution in [0.5, 0.6) is 0 Å². The van der Waals surface area contributed by atoms with Crippen molar-refractivity contribution in [3.05, 3.63) is 51.4 Å². The first-order valence-corrected chi connectivity index (χ1v) is 7.37. The Morgan fingerprint density at radius 3 is 2.71 bits per heavy atom. The summed E-state index contributed by atoms with van der Waals surface area (Å²) in [7, 11) is 0. The smallest absolute Gasteiger partial charge is 0.343 e. The van der Waals surface area contributed by atoms with Gasteiger partial charge in [0.05, 0.1) is 17.0 Å². The maximum Gasteiger partial charge on any atom is 0.343 e. The molecule has 2 aromatic heterocycles. The van der Waals surface area contributed by atoms with Crippen molar-refractivity contribution in [1.82, 2.24) is 4.40 Å². The number of aromatic nitrogens is 1. The van der Waals surface area contributed by atoms with E-state index in [-0.39, 0.29) is 22.6 Å². The molecule has 21 heavy (non-hydrogen) atoms. The third kappa shape index (κ3) is 2.23. The van der Waals surface area contributed by atoms with Gasteiger partial charge in [0.1, 0.15) is 5.56 Å². The van der Waals surface area contributed by atoms with Crippen LogP contribution in [-0.4, -0.2) is 17.0 Å².